The Hall–Kier alpha value is -7.70. The number of ether oxygens (including phenoxy) is 11. The van der Waals surface area contributed by atoms with Crippen LogP contribution in [0.1, 0.15) is 105 Å². The van der Waals surface area contributed by atoms with Gasteiger partial charge in [-0.2, -0.15) is 10.5 Å². The molecule has 2 fully saturated rings. The minimum absolute atomic E-state index is 0.0464. The van der Waals surface area contributed by atoms with Crippen molar-refractivity contribution in [1.82, 2.24) is 30.2 Å². The molecule has 2 amide bonds. The molecular weight excluding hydrogens is 1090 g/mol. The van der Waals surface area contributed by atoms with Crippen molar-refractivity contribution >= 4 is 11.8 Å². The summed E-state index contributed by atoms with van der Waals surface area (Å²) >= 11 is 0. The summed E-state index contributed by atoms with van der Waals surface area (Å²) in [6.45, 7) is 15.7. The highest BCUT2D eigenvalue weighted by atomic mass is 16.7. The maximum atomic E-state index is 12.3. The zero-order valence-electron chi connectivity index (χ0n) is 50.4. The van der Waals surface area contributed by atoms with Crippen LogP contribution in [0.3, 0.4) is 0 Å². The van der Waals surface area contributed by atoms with E-state index in [-0.39, 0.29) is 100 Å². The number of nitriles is 2. The second-order valence-corrected chi connectivity index (χ2v) is 23.1. The molecule has 452 valence electrons. The van der Waals surface area contributed by atoms with Gasteiger partial charge in [-0.05, 0) is 89.7 Å². The highest BCUT2D eigenvalue weighted by molar-refractivity contribution is 5.74. The third-order valence-corrected chi connectivity index (χ3v) is 18.6. The van der Waals surface area contributed by atoms with Crippen LogP contribution in [-0.4, -0.2) is 162 Å². The van der Waals surface area contributed by atoms with Gasteiger partial charge >= 0.3 is 0 Å². The van der Waals surface area contributed by atoms with E-state index in [0.29, 0.717) is 83.8 Å². The van der Waals surface area contributed by atoms with Crippen LogP contribution < -0.4 is 53.3 Å². The molecule has 4 aromatic rings. The molecule has 4 unspecified atom stereocenters. The fraction of sp³-hybridized carbons (Fsp3) is 0.524. The first-order chi connectivity index (χ1) is 41.0. The van der Waals surface area contributed by atoms with Crippen LogP contribution in [0.25, 0.3) is 0 Å². The van der Waals surface area contributed by atoms with Gasteiger partial charge in [0, 0.05) is 110 Å². The van der Waals surface area contributed by atoms with E-state index in [4.69, 9.17) is 52.1 Å². The number of rotatable bonds is 15. The summed E-state index contributed by atoms with van der Waals surface area (Å²) in [5, 5.41) is 39.0. The lowest BCUT2D eigenvalue weighted by molar-refractivity contribution is -0.120. The van der Waals surface area contributed by atoms with Gasteiger partial charge in [0.25, 0.3) is 0 Å². The number of carbonyl (C=O) groups is 2. The summed E-state index contributed by atoms with van der Waals surface area (Å²) in [7, 11) is 10.6. The molecule has 85 heavy (non-hydrogen) atoms. The Morgan fingerprint density at radius 1 is 0.624 bits per heavy atom. The molecule has 22 nitrogen and oxygen atoms in total. The number of carbonyl (C=O) groups excluding carboxylic acids is 2. The molecule has 10 atom stereocenters. The number of aromatic hydroxyl groups is 1. The number of phenols is 1. The lowest BCUT2D eigenvalue weighted by Crippen LogP contribution is -2.68. The number of hydrogen-bond donors (Lipinski definition) is 3. The van der Waals surface area contributed by atoms with Crippen LogP contribution in [0.4, 0.5) is 0 Å². The van der Waals surface area contributed by atoms with Crippen LogP contribution in [0.5, 0.6) is 57.5 Å². The zero-order valence-corrected chi connectivity index (χ0v) is 50.4. The highest BCUT2D eigenvalue weighted by Crippen LogP contribution is 2.61. The lowest BCUT2D eigenvalue weighted by atomic mass is 9.71. The fourth-order valence-electron chi connectivity index (χ4n) is 15.4. The Bertz CT molecular complexity index is 3430. The Morgan fingerprint density at radius 2 is 1.06 bits per heavy atom. The third-order valence-electron chi connectivity index (χ3n) is 18.6. The normalized spacial score (nSPS) is 25.3. The molecule has 8 aliphatic heterocycles. The van der Waals surface area contributed by atoms with E-state index in [2.05, 4.69) is 75.2 Å². The SMILES string of the molecule is C=CCOc1c(C)c2c(c3c1CC1[C@H]4c5c(cc(C)c(OC)c5OCOC)C[C@@H]([C@H](C#N)N1C3CNC(C)=O)N4C)OCO2.COCOc1c(OC)c(C)cc2c1[C@@H]1C3Cc4c(O)c(C)c5c(c4C(CNC(C)=O)N3[C@@H](C#N)[C@H](C2)N1C)OCO5. The average molecular weight is 1170 g/mol. The summed E-state index contributed by atoms with van der Waals surface area (Å²) in [6.07, 6.45) is 4.02. The van der Waals surface area contributed by atoms with Gasteiger partial charge in [0.05, 0.1) is 50.5 Å². The summed E-state index contributed by atoms with van der Waals surface area (Å²) in [5.74, 6) is 5.53. The predicted molar refractivity (Wildman–Crippen MR) is 309 cm³/mol. The molecule has 12 rings (SSSR count). The molecule has 4 aromatic carbocycles. The summed E-state index contributed by atoms with van der Waals surface area (Å²) in [5.41, 5.74) is 11.1. The number of benzene rings is 4. The predicted octanol–water partition coefficient (Wildman–Crippen LogP) is 6.13. The Labute approximate surface area is 495 Å². The second-order valence-electron chi connectivity index (χ2n) is 23.1. The van der Waals surface area contributed by atoms with Crippen molar-refractivity contribution < 1.29 is 66.8 Å². The molecule has 22 heteroatoms. The van der Waals surface area contributed by atoms with Gasteiger partial charge in [-0.15, -0.1) is 0 Å². The summed E-state index contributed by atoms with van der Waals surface area (Å²) < 4.78 is 65.0. The minimum atomic E-state index is -0.492. The Morgan fingerprint density at radius 3 is 1.48 bits per heavy atom. The van der Waals surface area contributed by atoms with Crippen LogP contribution >= 0.6 is 0 Å². The Balaban J connectivity index is 0.000000177. The van der Waals surface area contributed by atoms with Gasteiger partial charge in [0.15, 0.2) is 59.6 Å². The van der Waals surface area contributed by atoms with Gasteiger partial charge in [0.2, 0.25) is 25.4 Å². The highest BCUT2D eigenvalue weighted by Gasteiger charge is 2.59. The van der Waals surface area contributed by atoms with Crippen molar-refractivity contribution in [2.75, 3.05) is 89.4 Å². The minimum Gasteiger partial charge on any atom is -0.507 e. The van der Waals surface area contributed by atoms with Gasteiger partial charge in [-0.1, -0.05) is 24.8 Å². The van der Waals surface area contributed by atoms with Crippen molar-refractivity contribution in [2.45, 2.75) is 128 Å². The number of phenolic OH excluding ortho intramolecular Hbond substituents is 1. The molecule has 0 aromatic heterocycles. The number of piperazine rings is 2. The van der Waals surface area contributed by atoms with Crippen molar-refractivity contribution in [2.24, 2.45) is 0 Å². The second kappa shape index (κ2) is 23.6. The molecule has 2 saturated heterocycles. The number of fused-ring (bicyclic) bond motifs is 18. The number of amides is 2. The standard InChI is InChI=1S/C33H40N4O7.C30H36N4O7/c1-8-9-41-30-18(3)31-33(44-16-43-31)27-21(30)12-23-28-26-20(10-17(2)29(40-7)32(26)42-15-39-6)11-22(36(28)5)24(13-34)37(23)25(27)14-35-19(4)38;1-14-7-17-8-19-21(10-31)34-20(25(33(19)4)23(17)29(27(14)38-6)39-12-37-5)9-18-24(22(34)11-32-16(3)35)30-28(40-13-41-30)15(2)26(18)36/h8,10,22-25,28H,1,9,11-12,14-16H2,2-7H3,(H,35,38);7,19-22,25,36H,8-9,11-13H2,1-6H3,(H,32,35)/t22-,23?,24-,25?,28-;19-,20?,21-,22?,25-/m00/s1. The average Bonchev–Trinajstić information content (AvgIpc) is 1.36. The lowest BCUT2D eigenvalue weighted by Gasteiger charge is -2.60. The van der Waals surface area contributed by atoms with Crippen LogP contribution in [0.2, 0.25) is 0 Å². The van der Waals surface area contributed by atoms with E-state index in [9.17, 15) is 25.2 Å². The van der Waals surface area contributed by atoms with E-state index >= 15 is 0 Å². The van der Waals surface area contributed by atoms with Gasteiger partial charge in [-0.25, -0.2) is 0 Å². The topological polar surface area (TPSA) is 240 Å². The molecule has 0 saturated carbocycles. The van der Waals surface area contributed by atoms with Crippen LogP contribution in [0, 0.1) is 50.4 Å². The van der Waals surface area contributed by atoms with Crippen molar-refractivity contribution in [3.63, 3.8) is 0 Å². The maximum Gasteiger partial charge on any atom is 0.231 e. The molecule has 8 aliphatic rings. The molecule has 0 spiro atoms. The molecule has 0 radical (unpaired) electrons. The largest absolute Gasteiger partial charge is 0.507 e. The third kappa shape index (κ3) is 9.52. The number of nitrogens with zero attached hydrogens (tertiary/aromatic N) is 6. The fourth-order valence-corrected chi connectivity index (χ4v) is 15.4. The van der Waals surface area contributed by atoms with E-state index in [1.807, 2.05) is 27.7 Å². The maximum absolute atomic E-state index is 12.3. The first kappa shape index (κ1) is 59.0. The smallest absolute Gasteiger partial charge is 0.231 e. The van der Waals surface area contributed by atoms with Crippen molar-refractivity contribution in [3.8, 4) is 69.6 Å². The molecule has 4 bridgehead atoms. The number of nitrogens with one attached hydrogen (secondary N) is 2. The van der Waals surface area contributed by atoms with E-state index in [1.165, 1.54) is 13.8 Å². The van der Waals surface area contributed by atoms with E-state index in [1.54, 1.807) is 34.5 Å². The van der Waals surface area contributed by atoms with Gasteiger partial charge in [0.1, 0.15) is 30.2 Å². The number of hydrogen-bond acceptors (Lipinski definition) is 20. The summed E-state index contributed by atoms with van der Waals surface area (Å²) in [4.78, 5) is 33.6. The molecular formula is C63H76N8O14. The van der Waals surface area contributed by atoms with Crippen LogP contribution in [-0.2, 0) is 44.7 Å². The zero-order chi connectivity index (χ0) is 60.4. The van der Waals surface area contributed by atoms with Crippen molar-refractivity contribution in [3.05, 3.63) is 91.5 Å². The molecule has 8 heterocycles. The quantitative estimate of drug-likeness (QED) is 0.0896. The number of aryl methyl sites for hydroxylation is 2. The number of likely N-dealkylation sites (N-methyl/N-ethyl adjacent to an activating group) is 2. The first-order valence-electron chi connectivity index (χ1n) is 28.7. The van der Waals surface area contributed by atoms with Gasteiger partial charge in [-0.3, -0.25) is 29.2 Å². The van der Waals surface area contributed by atoms with Crippen LogP contribution in [0.15, 0.2) is 24.8 Å². The molecule has 0 aliphatic carbocycles. The molecule has 3 N–H and O–H groups in total. The first-order valence-corrected chi connectivity index (χ1v) is 28.7. The van der Waals surface area contributed by atoms with Crippen molar-refractivity contribution in [1.29, 1.82) is 10.5 Å². The summed E-state index contributed by atoms with van der Waals surface area (Å²) in [6, 6.07) is 6.77. The van der Waals surface area contributed by atoms with Gasteiger partial charge < -0.3 is 67.8 Å². The van der Waals surface area contributed by atoms with E-state index in [0.717, 1.165) is 66.9 Å². The monoisotopic (exact) mass is 1170 g/mol. The Kier molecular flexibility index (Phi) is 16.4. The van der Waals surface area contributed by atoms with E-state index < -0.39 is 18.1 Å². The number of methoxy groups -OCH3 is 4.